The van der Waals surface area contributed by atoms with Gasteiger partial charge in [0.1, 0.15) is 11.4 Å². The summed E-state index contributed by atoms with van der Waals surface area (Å²) in [4.78, 5) is 16.4. The molecule has 4 nitrogen and oxygen atoms in total. The van der Waals surface area contributed by atoms with Crippen molar-refractivity contribution in [2.24, 2.45) is 0 Å². The fraction of sp³-hybridized carbons (Fsp3) is 0.400. The van der Waals surface area contributed by atoms with E-state index >= 15 is 0 Å². The first-order chi connectivity index (χ1) is 12.8. The third-order valence-electron chi connectivity index (χ3n) is 5.38. The van der Waals surface area contributed by atoms with E-state index in [0.717, 1.165) is 42.5 Å². The number of pyridine rings is 1. The third-order valence-corrected chi connectivity index (χ3v) is 5.38. The van der Waals surface area contributed by atoms with Gasteiger partial charge in [0.15, 0.2) is 5.78 Å². The second-order valence-corrected chi connectivity index (χ2v) is 7.15. The molecule has 142 valence electrons. The molecule has 3 aliphatic rings. The number of Topliss-reactive ketones (excluding diaryl/α,β-unsaturated/α-hetero) is 1. The molecule has 0 atom stereocenters. The van der Waals surface area contributed by atoms with Gasteiger partial charge in [0.25, 0.3) is 0 Å². The van der Waals surface area contributed by atoms with Gasteiger partial charge in [-0.15, -0.1) is 13.2 Å². The molecular formula is C20H19F3N2O2. The number of aromatic nitrogens is 1. The quantitative estimate of drug-likeness (QED) is 0.698. The topological polar surface area (TPSA) is 51.2 Å². The van der Waals surface area contributed by atoms with Gasteiger partial charge in [-0.05, 0) is 60.8 Å². The van der Waals surface area contributed by atoms with E-state index < -0.39 is 6.36 Å². The maximum Gasteiger partial charge on any atom is 0.573 e. The Morgan fingerprint density at radius 2 is 1.81 bits per heavy atom. The molecule has 0 spiro atoms. The first kappa shape index (κ1) is 17.8. The van der Waals surface area contributed by atoms with Crippen molar-refractivity contribution in [3.63, 3.8) is 0 Å². The van der Waals surface area contributed by atoms with E-state index in [4.69, 9.17) is 0 Å². The van der Waals surface area contributed by atoms with Gasteiger partial charge in [0.2, 0.25) is 0 Å². The predicted octanol–water partition coefficient (Wildman–Crippen LogP) is 5.68. The Labute approximate surface area is 154 Å². The highest BCUT2D eigenvalue weighted by Gasteiger charge is 2.37. The van der Waals surface area contributed by atoms with Crippen LogP contribution in [0.25, 0.3) is 0 Å². The van der Waals surface area contributed by atoms with E-state index in [-0.39, 0.29) is 11.5 Å². The third kappa shape index (κ3) is 3.50. The maximum absolute atomic E-state index is 12.5. The molecule has 0 radical (unpaired) electrons. The van der Waals surface area contributed by atoms with E-state index in [0.29, 0.717) is 23.2 Å². The van der Waals surface area contributed by atoms with Crippen LogP contribution in [0.2, 0.25) is 0 Å². The minimum atomic E-state index is -4.73. The highest BCUT2D eigenvalue weighted by atomic mass is 19.4. The molecule has 0 amide bonds. The van der Waals surface area contributed by atoms with Crippen molar-refractivity contribution >= 4 is 17.2 Å². The van der Waals surface area contributed by atoms with Crippen LogP contribution >= 0.6 is 0 Å². The summed E-state index contributed by atoms with van der Waals surface area (Å²) in [5, 5.41) is 3.19. The van der Waals surface area contributed by atoms with Crippen LogP contribution < -0.4 is 10.1 Å². The molecule has 1 heterocycles. The fourth-order valence-electron chi connectivity index (χ4n) is 4.37. The number of hydrogen-bond donors (Lipinski definition) is 1. The number of nitrogens with one attached hydrogen (secondary N) is 1. The van der Waals surface area contributed by atoms with Crippen LogP contribution in [0.15, 0.2) is 30.5 Å². The van der Waals surface area contributed by atoms with Gasteiger partial charge in [-0.3, -0.25) is 9.78 Å². The predicted molar refractivity (Wildman–Crippen MR) is 94.6 cm³/mol. The van der Waals surface area contributed by atoms with E-state index in [1.807, 2.05) is 0 Å². The largest absolute Gasteiger partial charge is 0.573 e. The Kier molecular flexibility index (Phi) is 4.32. The summed E-state index contributed by atoms with van der Waals surface area (Å²) >= 11 is 0. The number of carbonyl (C=O) groups excluding carboxylic acids is 1. The first-order valence-electron chi connectivity index (χ1n) is 8.98. The lowest BCUT2D eigenvalue weighted by Gasteiger charge is -2.40. The normalized spacial score (nSPS) is 20.9. The summed E-state index contributed by atoms with van der Waals surface area (Å²) in [6.45, 7) is 1.52. The lowest BCUT2D eigenvalue weighted by molar-refractivity contribution is -0.274. The van der Waals surface area contributed by atoms with E-state index in [2.05, 4.69) is 15.0 Å². The molecule has 1 N–H and O–H groups in total. The molecule has 1 fully saturated rings. The Morgan fingerprint density at radius 3 is 2.44 bits per heavy atom. The van der Waals surface area contributed by atoms with Crippen LogP contribution in [0, 0.1) is 0 Å². The van der Waals surface area contributed by atoms with Crippen LogP contribution in [0.4, 0.5) is 24.5 Å². The number of ether oxygens (including phenoxy) is 1. The van der Waals surface area contributed by atoms with E-state index in [9.17, 15) is 18.0 Å². The molecule has 2 aromatic rings. The van der Waals surface area contributed by atoms with Crippen molar-refractivity contribution in [3.8, 4) is 5.75 Å². The zero-order valence-electron chi connectivity index (χ0n) is 14.8. The molecular weight excluding hydrogens is 357 g/mol. The Bertz CT molecular complexity index is 887. The number of fused-ring (bicyclic) bond motifs is 2. The van der Waals surface area contributed by atoms with Crippen molar-refractivity contribution in [2.75, 3.05) is 5.32 Å². The lowest BCUT2D eigenvalue weighted by atomic mass is 9.66. The van der Waals surface area contributed by atoms with Crippen molar-refractivity contribution in [1.82, 2.24) is 4.98 Å². The van der Waals surface area contributed by atoms with E-state index in [1.165, 1.54) is 25.1 Å². The SMILES string of the molecule is CC(=O)c1ncc(Nc2cccc(OC(F)(F)F)c2)c2c1C1CCC2CC1. The number of halogens is 3. The highest BCUT2D eigenvalue weighted by Crippen LogP contribution is 2.52. The molecule has 3 aliphatic carbocycles. The monoisotopic (exact) mass is 376 g/mol. The van der Waals surface area contributed by atoms with Crippen molar-refractivity contribution < 1.29 is 22.7 Å². The minimum absolute atomic E-state index is 0.0501. The van der Waals surface area contributed by atoms with Crippen molar-refractivity contribution in [2.45, 2.75) is 50.8 Å². The Hall–Kier alpha value is -2.57. The molecule has 1 saturated carbocycles. The van der Waals surface area contributed by atoms with Gasteiger partial charge < -0.3 is 10.1 Å². The fourth-order valence-corrected chi connectivity index (χ4v) is 4.37. The number of anilines is 2. The van der Waals surface area contributed by atoms with Gasteiger partial charge in [-0.1, -0.05) is 6.07 Å². The standard InChI is InChI=1S/C20H19F3N2O2/c1-11(26)19-18-13-7-5-12(6-8-13)17(18)16(10-24-19)25-14-3-2-4-15(9-14)27-20(21,22)23/h2-4,9-10,12-13,25H,5-8H2,1H3. The second-order valence-electron chi connectivity index (χ2n) is 7.15. The second kappa shape index (κ2) is 6.55. The molecule has 27 heavy (non-hydrogen) atoms. The van der Waals surface area contributed by atoms with Gasteiger partial charge >= 0.3 is 6.36 Å². The summed E-state index contributed by atoms with van der Waals surface area (Å²) in [7, 11) is 0. The zero-order chi connectivity index (χ0) is 19.2. The van der Waals surface area contributed by atoms with Gasteiger partial charge in [-0.25, -0.2) is 0 Å². The van der Waals surface area contributed by atoms with Gasteiger partial charge in [0.05, 0.1) is 11.9 Å². The number of alkyl halides is 3. The van der Waals surface area contributed by atoms with E-state index in [1.54, 1.807) is 12.3 Å². The molecule has 1 aromatic heterocycles. The van der Waals surface area contributed by atoms with Crippen LogP contribution in [-0.2, 0) is 0 Å². The minimum Gasteiger partial charge on any atom is -0.406 e. The number of nitrogens with zero attached hydrogens (tertiary/aromatic N) is 1. The number of ketones is 1. The summed E-state index contributed by atoms with van der Waals surface area (Å²) in [5.41, 5.74) is 3.89. The number of carbonyl (C=O) groups is 1. The summed E-state index contributed by atoms with van der Waals surface area (Å²) in [6, 6.07) is 5.74. The zero-order valence-corrected chi connectivity index (χ0v) is 14.8. The molecule has 0 unspecified atom stereocenters. The molecule has 2 bridgehead atoms. The average molecular weight is 376 g/mol. The van der Waals surface area contributed by atoms with Gasteiger partial charge in [0, 0.05) is 18.7 Å². The molecule has 0 saturated heterocycles. The number of rotatable bonds is 4. The average Bonchev–Trinajstić information content (AvgIpc) is 2.61. The summed E-state index contributed by atoms with van der Waals surface area (Å²) in [5.74, 6) is 0.350. The Morgan fingerprint density at radius 1 is 1.15 bits per heavy atom. The summed E-state index contributed by atoms with van der Waals surface area (Å²) < 4.78 is 41.4. The van der Waals surface area contributed by atoms with Crippen LogP contribution in [0.3, 0.4) is 0 Å². The number of benzene rings is 1. The molecule has 0 aliphatic heterocycles. The van der Waals surface area contributed by atoms with Crippen LogP contribution in [0.1, 0.15) is 66.1 Å². The van der Waals surface area contributed by atoms with Crippen LogP contribution in [-0.4, -0.2) is 17.1 Å². The first-order valence-corrected chi connectivity index (χ1v) is 8.98. The molecule has 1 aromatic carbocycles. The van der Waals surface area contributed by atoms with Gasteiger partial charge in [-0.2, -0.15) is 0 Å². The summed E-state index contributed by atoms with van der Waals surface area (Å²) in [6.07, 6.45) is 1.11. The molecule has 5 rings (SSSR count). The Balaban J connectivity index is 1.71. The van der Waals surface area contributed by atoms with Crippen molar-refractivity contribution in [3.05, 3.63) is 47.3 Å². The number of hydrogen-bond acceptors (Lipinski definition) is 4. The van der Waals surface area contributed by atoms with Crippen molar-refractivity contribution in [1.29, 1.82) is 0 Å². The van der Waals surface area contributed by atoms with Crippen LogP contribution in [0.5, 0.6) is 5.75 Å². The maximum atomic E-state index is 12.5. The highest BCUT2D eigenvalue weighted by molar-refractivity contribution is 5.95. The lowest BCUT2D eigenvalue weighted by Crippen LogP contribution is -2.26. The molecule has 7 heteroatoms. The smallest absolute Gasteiger partial charge is 0.406 e.